The third-order valence-corrected chi connectivity index (χ3v) is 8.75. The predicted molar refractivity (Wildman–Crippen MR) is 94.0 cm³/mol. The van der Waals surface area contributed by atoms with Crippen LogP contribution in [0.15, 0.2) is 30.3 Å². The van der Waals surface area contributed by atoms with Crippen LogP contribution in [-0.4, -0.2) is 43.0 Å². The minimum absolute atomic E-state index is 0.270. The van der Waals surface area contributed by atoms with Crippen molar-refractivity contribution in [2.45, 2.75) is 48.3 Å². The average Bonchev–Trinajstić information content (AvgIpc) is 3.26. The number of nitrogens with one attached hydrogen (secondary N) is 2. The molecule has 140 valence electrons. The van der Waals surface area contributed by atoms with Crippen LogP contribution >= 0.6 is 0 Å². The summed E-state index contributed by atoms with van der Waals surface area (Å²) in [5.41, 5.74) is 0. The molecule has 3 aliphatic rings. The van der Waals surface area contributed by atoms with E-state index in [0.29, 0.717) is 30.9 Å². The molecular weight excluding hydrogens is 356 g/mol. The molecule has 2 atom stereocenters. The van der Waals surface area contributed by atoms with Gasteiger partial charge in [-0.3, -0.25) is 9.59 Å². The average molecular weight is 378 g/mol. The molecule has 0 unspecified atom stereocenters. The van der Waals surface area contributed by atoms with Gasteiger partial charge in [-0.1, -0.05) is 18.2 Å². The number of ether oxygens (including phenoxy) is 1. The molecule has 0 spiro atoms. The number of carbonyl (C=O) groups excluding carboxylic acids is 2. The Kier molecular flexibility index (Phi) is 4.17. The first kappa shape index (κ1) is 17.3. The molecule has 0 aromatic heterocycles. The summed E-state index contributed by atoms with van der Waals surface area (Å²) in [5, 5.41) is 3.97. The molecule has 1 saturated heterocycles. The first-order chi connectivity index (χ1) is 12.4. The number of sulfone groups is 1. The van der Waals surface area contributed by atoms with Crippen LogP contribution in [0.25, 0.3) is 0 Å². The van der Waals surface area contributed by atoms with Gasteiger partial charge >= 0.3 is 0 Å². The Morgan fingerprint density at radius 1 is 1.23 bits per heavy atom. The molecule has 1 aromatic rings. The lowest BCUT2D eigenvalue weighted by Crippen LogP contribution is -2.73. The number of hydrogen-bond acceptors (Lipinski definition) is 5. The van der Waals surface area contributed by atoms with Gasteiger partial charge in [0, 0.05) is 0 Å². The quantitative estimate of drug-likeness (QED) is 0.712. The zero-order valence-electron chi connectivity index (χ0n) is 14.3. The van der Waals surface area contributed by atoms with Crippen LogP contribution in [0, 0.1) is 5.92 Å². The number of fused-ring (bicyclic) bond motifs is 2. The van der Waals surface area contributed by atoms with E-state index in [1.54, 1.807) is 24.3 Å². The summed E-state index contributed by atoms with van der Waals surface area (Å²) in [5.74, 6) is 0.0392. The molecule has 4 rings (SSSR count). The molecule has 2 aliphatic carbocycles. The van der Waals surface area contributed by atoms with Crippen LogP contribution < -0.4 is 15.4 Å². The Bertz CT molecular complexity index is 815. The second kappa shape index (κ2) is 6.26. The highest BCUT2D eigenvalue weighted by molar-refractivity contribution is 7.93. The van der Waals surface area contributed by atoms with Gasteiger partial charge in [0.15, 0.2) is 21.8 Å². The lowest BCUT2D eigenvalue weighted by Gasteiger charge is -2.41. The van der Waals surface area contributed by atoms with E-state index in [0.717, 1.165) is 12.8 Å². The first-order valence-corrected chi connectivity index (χ1v) is 10.5. The maximum atomic E-state index is 13.1. The minimum Gasteiger partial charge on any atom is -0.484 e. The molecule has 7 nitrogen and oxygen atoms in total. The monoisotopic (exact) mass is 378 g/mol. The van der Waals surface area contributed by atoms with Gasteiger partial charge in [0.2, 0.25) is 5.91 Å². The van der Waals surface area contributed by atoms with Gasteiger partial charge in [-0.05, 0) is 50.2 Å². The molecule has 1 heterocycles. The van der Waals surface area contributed by atoms with Gasteiger partial charge in [0.05, 0.1) is 4.75 Å². The molecule has 0 radical (unpaired) electrons. The lowest BCUT2D eigenvalue weighted by atomic mass is 10.0. The number of β-lactam (4-membered cyclic amide) rings is 1. The summed E-state index contributed by atoms with van der Waals surface area (Å²) in [7, 11) is -3.55. The maximum absolute atomic E-state index is 13.1. The van der Waals surface area contributed by atoms with Crippen molar-refractivity contribution in [2.75, 3.05) is 6.61 Å². The van der Waals surface area contributed by atoms with Crippen molar-refractivity contribution in [1.82, 2.24) is 10.6 Å². The van der Waals surface area contributed by atoms with Crippen molar-refractivity contribution >= 4 is 21.7 Å². The SMILES string of the molecule is O=C(COc1ccccc1)N[C@@H]1C(=O)N[C@@H]1S(=O)(=O)C12CCC(CC1)C2. The smallest absolute Gasteiger partial charge is 0.258 e. The first-order valence-electron chi connectivity index (χ1n) is 8.92. The topological polar surface area (TPSA) is 102 Å². The molecule has 26 heavy (non-hydrogen) atoms. The summed E-state index contributed by atoms with van der Waals surface area (Å²) in [4.78, 5) is 24.0. The van der Waals surface area contributed by atoms with Gasteiger partial charge in [0.25, 0.3) is 5.91 Å². The van der Waals surface area contributed by atoms with Gasteiger partial charge in [-0.2, -0.15) is 0 Å². The summed E-state index contributed by atoms with van der Waals surface area (Å²) in [6.07, 6.45) is 3.86. The molecular formula is C18H22N2O5S. The lowest BCUT2D eigenvalue weighted by molar-refractivity contribution is -0.135. The second-order valence-electron chi connectivity index (χ2n) is 7.45. The molecule has 2 saturated carbocycles. The van der Waals surface area contributed by atoms with E-state index in [1.807, 2.05) is 6.07 Å². The van der Waals surface area contributed by atoms with Crippen molar-refractivity contribution in [3.05, 3.63) is 30.3 Å². The van der Waals surface area contributed by atoms with Crippen molar-refractivity contribution in [1.29, 1.82) is 0 Å². The Morgan fingerprint density at radius 3 is 2.50 bits per heavy atom. The van der Waals surface area contributed by atoms with Gasteiger partial charge in [0.1, 0.15) is 11.8 Å². The molecule has 1 aliphatic heterocycles. The van der Waals surface area contributed by atoms with E-state index in [1.165, 1.54) is 0 Å². The maximum Gasteiger partial charge on any atom is 0.258 e. The number of carbonyl (C=O) groups is 2. The van der Waals surface area contributed by atoms with Crippen molar-refractivity contribution in [3.63, 3.8) is 0 Å². The zero-order valence-corrected chi connectivity index (χ0v) is 15.1. The van der Waals surface area contributed by atoms with Crippen LogP contribution in [0.1, 0.15) is 32.1 Å². The summed E-state index contributed by atoms with van der Waals surface area (Å²) >= 11 is 0. The van der Waals surface area contributed by atoms with Crippen molar-refractivity contribution in [3.8, 4) is 5.75 Å². The number of hydrogen-bond donors (Lipinski definition) is 2. The highest BCUT2D eigenvalue weighted by atomic mass is 32.2. The number of amides is 2. The zero-order chi connectivity index (χ0) is 18.4. The van der Waals surface area contributed by atoms with Crippen LogP contribution in [0.4, 0.5) is 0 Å². The van der Waals surface area contributed by atoms with E-state index in [-0.39, 0.29) is 6.61 Å². The number of rotatable bonds is 6. The van der Waals surface area contributed by atoms with E-state index in [9.17, 15) is 18.0 Å². The highest BCUT2D eigenvalue weighted by Gasteiger charge is 2.61. The Labute approximate surface area is 152 Å². The van der Waals surface area contributed by atoms with E-state index in [2.05, 4.69) is 10.6 Å². The fourth-order valence-corrected chi connectivity index (χ4v) is 7.07. The molecule has 8 heteroatoms. The van der Waals surface area contributed by atoms with E-state index in [4.69, 9.17) is 4.74 Å². The molecule has 2 amide bonds. The van der Waals surface area contributed by atoms with Crippen LogP contribution in [0.2, 0.25) is 0 Å². The molecule has 1 aromatic carbocycles. The molecule has 3 fully saturated rings. The third-order valence-electron chi connectivity index (χ3n) is 5.91. The largest absolute Gasteiger partial charge is 0.484 e. The van der Waals surface area contributed by atoms with Crippen molar-refractivity contribution in [2.24, 2.45) is 5.92 Å². The van der Waals surface area contributed by atoms with Gasteiger partial charge in [-0.25, -0.2) is 8.42 Å². The fraction of sp³-hybridized carbons (Fsp3) is 0.556. The summed E-state index contributed by atoms with van der Waals surface area (Å²) in [6.45, 7) is -0.270. The van der Waals surface area contributed by atoms with E-state index < -0.39 is 37.8 Å². The van der Waals surface area contributed by atoms with Crippen LogP contribution in [-0.2, 0) is 19.4 Å². The van der Waals surface area contributed by atoms with Gasteiger partial charge in [-0.15, -0.1) is 0 Å². The summed E-state index contributed by atoms with van der Waals surface area (Å²) < 4.78 is 30.9. The second-order valence-corrected chi connectivity index (χ2v) is 9.92. The highest BCUT2D eigenvalue weighted by Crippen LogP contribution is 2.53. The van der Waals surface area contributed by atoms with Crippen molar-refractivity contribution < 1.29 is 22.7 Å². The van der Waals surface area contributed by atoms with Crippen LogP contribution in [0.5, 0.6) is 5.75 Å². The normalized spacial score (nSPS) is 32.6. The molecule has 2 N–H and O–H groups in total. The fourth-order valence-electron chi connectivity index (χ4n) is 4.44. The summed E-state index contributed by atoms with van der Waals surface area (Å²) in [6, 6.07) is 7.78. The number of benzene rings is 1. The molecule has 2 bridgehead atoms. The van der Waals surface area contributed by atoms with Crippen LogP contribution in [0.3, 0.4) is 0 Å². The Balaban J connectivity index is 1.40. The third kappa shape index (κ3) is 2.76. The van der Waals surface area contributed by atoms with Gasteiger partial charge < -0.3 is 15.4 Å². The standard InChI is InChI=1S/C18H22N2O5S/c21-14(11-25-13-4-2-1-3-5-13)19-15-16(22)20-17(15)26(23,24)18-8-6-12(10-18)7-9-18/h1-5,12,15,17H,6-11H2,(H,19,21)(H,20,22)/t12?,15-,17-,18?/m1/s1. The Morgan fingerprint density at radius 2 is 1.92 bits per heavy atom. The van der Waals surface area contributed by atoms with E-state index >= 15 is 0 Å². The number of para-hydroxylation sites is 1. The Hall–Kier alpha value is -2.09. The predicted octanol–water partition coefficient (Wildman–Crippen LogP) is 0.754. The minimum atomic E-state index is -3.55.